The van der Waals surface area contributed by atoms with Crippen LogP contribution in [0.4, 0.5) is 13.2 Å². The normalized spacial score (nSPS) is 15.7. The summed E-state index contributed by atoms with van der Waals surface area (Å²) in [7, 11) is 0.628. The topological polar surface area (TPSA) is 99.5 Å². The van der Waals surface area contributed by atoms with Crippen LogP contribution in [0.15, 0.2) is 71.3 Å². The second-order valence-corrected chi connectivity index (χ2v) is 60.2. The zero-order valence-corrected chi connectivity index (χ0v) is 47.8. The average Bonchev–Trinajstić information content (AvgIpc) is 3.66. The molecule has 0 aliphatic carbocycles. The molecule has 4 heterocycles. The van der Waals surface area contributed by atoms with Crippen molar-refractivity contribution in [1.29, 1.82) is 0 Å². The number of nitrogens with zero attached hydrogens (tertiary/aromatic N) is 2. The van der Waals surface area contributed by atoms with E-state index in [4.69, 9.17) is 4.52 Å². The van der Waals surface area contributed by atoms with Crippen LogP contribution in [-0.2, 0) is 14.4 Å². The predicted octanol–water partition coefficient (Wildman–Crippen LogP) is 11.6. The summed E-state index contributed by atoms with van der Waals surface area (Å²) in [6.07, 6.45) is 5.32. The third-order valence-electron chi connectivity index (χ3n) is 9.28. The zero-order chi connectivity index (χ0) is 42.7. The van der Waals surface area contributed by atoms with Crippen molar-refractivity contribution in [1.82, 2.24) is 26.0 Å². The van der Waals surface area contributed by atoms with Gasteiger partial charge in [-0.05, 0) is 130 Å². The molecule has 3 aliphatic heterocycles. The summed E-state index contributed by atoms with van der Waals surface area (Å²) in [5.41, 5.74) is 2.77. The standard InChI is InChI=1S/C14H19FN2O.C12H13FN2O.C12H14FNO.CH3I.5HI.2V/c15-13-5-3-12(4-6-13)14(18)2-1-9-17-10-7-16-8-11-17;13-9-1-2-10-11(7-9)16-15-12(10)8-3-5-14-6-4-8;13-11-3-1-9(2-4-11)12(15)10-5-7-14-8-6-10;1-2;;;;;;;/h3-6,16H,1-2,7-11H2;1-2,7-8,14H,3-6H2;1-4,10,14H,5-8H2;1H3;5*1H;;/q;;;;;;;;;+2;+3/p-5. The van der Waals surface area contributed by atoms with Gasteiger partial charge in [-0.2, -0.15) is 0 Å². The fourth-order valence-electron chi connectivity index (χ4n) is 6.43. The fourth-order valence-corrected chi connectivity index (χ4v) is 6.43. The van der Waals surface area contributed by atoms with Crippen LogP contribution in [0.5, 0.6) is 0 Å². The van der Waals surface area contributed by atoms with Gasteiger partial charge in [0.2, 0.25) is 0 Å². The molecule has 0 bridgehead atoms. The summed E-state index contributed by atoms with van der Waals surface area (Å²) in [6, 6.07) is 16.2. The Labute approximate surface area is 421 Å². The minimum atomic E-state index is -0.299. The van der Waals surface area contributed by atoms with Crippen molar-refractivity contribution < 1.29 is 41.7 Å². The van der Waals surface area contributed by atoms with Gasteiger partial charge in [0, 0.05) is 67.0 Å². The number of benzene rings is 3. The van der Waals surface area contributed by atoms with Crippen LogP contribution in [-0.4, -0.2) is 85.5 Å². The minimum absolute atomic E-state index is 0.102. The molecule has 0 spiro atoms. The number of hydrogen-bond acceptors (Lipinski definition) is 8. The number of Topliss-reactive ketones (excluding diaryl/α,β-unsaturated/α-hetero) is 2. The number of nitrogens with one attached hydrogen (secondary N) is 3. The molecule has 19 heteroatoms. The number of carbonyl (C=O) groups excluding carboxylic acids is 2. The summed E-state index contributed by atoms with van der Waals surface area (Å²) in [6.45, 7) is 8.98. The third-order valence-corrected chi connectivity index (χ3v) is 9.28. The van der Waals surface area contributed by atoms with Crippen LogP contribution < -0.4 is 16.0 Å². The first-order valence-electron chi connectivity index (χ1n) is 18.6. The SMILES string of the molecule is CI.Fc1ccc2c(C3CCNCC3)noc2c1.O=C(CCCN1CCNCC1)c1ccc(F)cc1.O=C(c1ccc(F)cc1)C1CCNCC1.[I][V]([I])[I].[I][V][I]. The van der Waals surface area contributed by atoms with Gasteiger partial charge >= 0.3 is 114 Å². The summed E-state index contributed by atoms with van der Waals surface area (Å²) < 4.78 is 43.6. The molecule has 0 saturated carbocycles. The van der Waals surface area contributed by atoms with Crippen molar-refractivity contribution >= 4 is 145 Å². The van der Waals surface area contributed by atoms with E-state index in [9.17, 15) is 22.8 Å². The van der Waals surface area contributed by atoms with Gasteiger partial charge in [0.25, 0.3) is 0 Å². The quantitative estimate of drug-likeness (QED) is 0.0912. The summed E-state index contributed by atoms with van der Waals surface area (Å²) >= 11 is 14.3. The van der Waals surface area contributed by atoms with Gasteiger partial charge in [-0.3, -0.25) is 9.59 Å². The van der Waals surface area contributed by atoms with Crippen molar-refractivity contribution in [3.63, 3.8) is 0 Å². The van der Waals surface area contributed by atoms with E-state index >= 15 is 0 Å². The molecule has 8 nitrogen and oxygen atoms in total. The van der Waals surface area contributed by atoms with E-state index in [0.29, 0.717) is 38.5 Å². The van der Waals surface area contributed by atoms with Crippen LogP contribution in [0, 0.1) is 23.4 Å². The first kappa shape index (κ1) is 55.8. The molecule has 3 aliphatic rings. The first-order valence-corrected chi connectivity index (χ1v) is 43.3. The van der Waals surface area contributed by atoms with E-state index in [-0.39, 0.29) is 39.9 Å². The van der Waals surface area contributed by atoms with Crippen LogP contribution in [0.25, 0.3) is 11.0 Å². The number of aromatic nitrogens is 1. The molecule has 3 saturated heterocycles. The van der Waals surface area contributed by atoms with Crippen molar-refractivity contribution in [2.45, 2.75) is 44.4 Å². The number of halogens is 9. The van der Waals surface area contributed by atoms with Gasteiger partial charge in [0.05, 0.1) is 5.69 Å². The molecule has 58 heavy (non-hydrogen) atoms. The Morgan fingerprint density at radius 1 is 0.759 bits per heavy atom. The molecule has 3 aromatic carbocycles. The van der Waals surface area contributed by atoms with Crippen LogP contribution in [0.1, 0.15) is 70.9 Å². The van der Waals surface area contributed by atoms with Gasteiger partial charge < -0.3 is 25.4 Å². The number of carbonyl (C=O) groups is 2. The van der Waals surface area contributed by atoms with Gasteiger partial charge in [-0.1, -0.05) is 27.7 Å². The molecule has 0 unspecified atom stereocenters. The number of rotatable bonds is 8. The van der Waals surface area contributed by atoms with Gasteiger partial charge in [0.1, 0.15) is 17.5 Å². The van der Waals surface area contributed by atoms with Gasteiger partial charge in [0.15, 0.2) is 17.1 Å². The van der Waals surface area contributed by atoms with Crippen molar-refractivity contribution in [2.24, 2.45) is 5.92 Å². The van der Waals surface area contributed by atoms with E-state index in [1.54, 1.807) is 30.3 Å². The molecule has 7 rings (SSSR count). The summed E-state index contributed by atoms with van der Waals surface area (Å²) in [5, 5.41) is 14.9. The van der Waals surface area contributed by atoms with E-state index in [1.165, 1.54) is 36.4 Å². The van der Waals surface area contributed by atoms with Crippen LogP contribution in [0.2, 0.25) is 0 Å². The maximum atomic E-state index is 13.0. The van der Waals surface area contributed by atoms with Crippen LogP contribution in [0.3, 0.4) is 0 Å². The Morgan fingerprint density at radius 2 is 1.22 bits per heavy atom. The second-order valence-electron chi connectivity index (χ2n) is 13.0. The monoisotopic (exact) mass is 1560 g/mol. The third kappa shape index (κ3) is 23.0. The summed E-state index contributed by atoms with van der Waals surface area (Å²) in [5.74, 6) is -0.0731. The van der Waals surface area contributed by atoms with E-state index < -0.39 is 0 Å². The number of piperazine rings is 1. The Balaban J connectivity index is 0.000000272. The molecule has 4 aromatic rings. The Hall–Kier alpha value is 1.65. The van der Waals surface area contributed by atoms with Gasteiger partial charge in [-0.25, -0.2) is 13.2 Å². The predicted molar refractivity (Wildman–Crippen MR) is 274 cm³/mol. The first-order chi connectivity index (χ1) is 28.0. The molecule has 0 radical (unpaired) electrons. The Morgan fingerprint density at radius 3 is 1.76 bits per heavy atom. The Bertz CT molecular complexity index is 1710. The fraction of sp³-hybridized carbons (Fsp3) is 0.462. The molecular formula is C39H49F3I6N5O3V2. The number of ketones is 2. The van der Waals surface area contributed by atoms with E-state index in [0.717, 1.165) is 102 Å². The van der Waals surface area contributed by atoms with Gasteiger partial charge in [-0.15, -0.1) is 0 Å². The molecule has 321 valence electrons. The molecule has 0 atom stereocenters. The zero-order valence-electron chi connectivity index (χ0n) is 32.0. The molecule has 1 aromatic heterocycles. The summed E-state index contributed by atoms with van der Waals surface area (Å²) in [4.78, 5) is 27.9. The average molecular weight is 1560 g/mol. The molecule has 3 fully saturated rings. The Kier molecular flexibility index (Phi) is 32.8. The van der Waals surface area contributed by atoms with Crippen molar-refractivity contribution in [2.75, 3.05) is 63.8 Å². The van der Waals surface area contributed by atoms with E-state index in [2.05, 4.69) is 148 Å². The number of piperidine rings is 2. The molecule has 0 amide bonds. The second kappa shape index (κ2) is 34.1. The maximum absolute atomic E-state index is 13.0. The van der Waals surface area contributed by atoms with Crippen LogP contribution >= 0.6 is 122 Å². The molecular weight excluding hydrogens is 1510 g/mol. The molecule has 3 N–H and O–H groups in total. The number of hydrogen-bond donors (Lipinski definition) is 3. The van der Waals surface area contributed by atoms with Crippen molar-refractivity contribution in [3.8, 4) is 0 Å². The van der Waals surface area contributed by atoms with E-state index in [1.807, 2.05) is 4.93 Å². The van der Waals surface area contributed by atoms with Crippen molar-refractivity contribution in [3.05, 3.63) is 101 Å². The number of alkyl halides is 1. The number of fused-ring (bicyclic) bond motifs is 1.